The summed E-state index contributed by atoms with van der Waals surface area (Å²) in [4.78, 5) is 4.17. The number of alkyl halides is 2. The molecule has 4 rings (SSSR count). The van der Waals surface area contributed by atoms with Crippen molar-refractivity contribution < 1.29 is 0 Å². The summed E-state index contributed by atoms with van der Waals surface area (Å²) in [5.74, 6) is 2.16. The van der Waals surface area contributed by atoms with E-state index in [0.717, 1.165) is 28.7 Å². The fourth-order valence-corrected chi connectivity index (χ4v) is 4.29. The number of hydrogen-bond donors (Lipinski definition) is 0. The summed E-state index contributed by atoms with van der Waals surface area (Å²) in [7, 11) is 0. The van der Waals surface area contributed by atoms with Gasteiger partial charge in [0.1, 0.15) is 4.33 Å². The normalized spacial score (nSPS) is 23.2. The van der Waals surface area contributed by atoms with Gasteiger partial charge in [0.15, 0.2) is 11.0 Å². The maximum atomic E-state index is 6.09. The highest BCUT2D eigenvalue weighted by Crippen LogP contribution is 2.55. The second-order valence-corrected chi connectivity index (χ2v) is 8.15. The standard InChI is InChI=1S/C14H14Cl2N4S/c15-14(16)6-10(14)8-21-13-19-18-12(20(13)11-3-4-11)9-2-1-5-17-7-9/h1-2,5,7,10-11H,3-4,6,8H2. The SMILES string of the molecule is ClC1(Cl)CC1CSc1nnc(-c2cccnc2)n1C1CC1. The van der Waals surface area contributed by atoms with Crippen molar-refractivity contribution in [2.75, 3.05) is 5.75 Å². The van der Waals surface area contributed by atoms with Gasteiger partial charge < -0.3 is 0 Å². The van der Waals surface area contributed by atoms with E-state index in [1.807, 2.05) is 18.3 Å². The number of hydrogen-bond acceptors (Lipinski definition) is 4. The summed E-state index contributed by atoms with van der Waals surface area (Å²) in [6, 6.07) is 4.47. The second-order valence-electron chi connectivity index (χ2n) is 5.62. The largest absolute Gasteiger partial charge is 0.299 e. The second kappa shape index (κ2) is 5.14. The molecule has 2 aliphatic carbocycles. The molecule has 0 saturated heterocycles. The fraction of sp³-hybridized carbons (Fsp3) is 0.500. The molecule has 0 aromatic carbocycles. The van der Waals surface area contributed by atoms with Crippen LogP contribution in [-0.2, 0) is 0 Å². The average Bonchev–Trinajstić information content (AvgIpc) is 3.37. The number of halogens is 2. The Labute approximate surface area is 137 Å². The Morgan fingerprint density at radius 1 is 1.33 bits per heavy atom. The predicted octanol–water partition coefficient (Wildman–Crippen LogP) is 3.96. The molecule has 110 valence electrons. The van der Waals surface area contributed by atoms with Crippen LogP contribution in [0, 0.1) is 5.92 Å². The molecule has 1 atom stereocenters. The van der Waals surface area contributed by atoms with E-state index < -0.39 is 4.33 Å². The van der Waals surface area contributed by atoms with Crippen LogP contribution in [0.5, 0.6) is 0 Å². The van der Waals surface area contributed by atoms with Crippen molar-refractivity contribution in [2.24, 2.45) is 5.92 Å². The minimum absolute atomic E-state index is 0.358. The van der Waals surface area contributed by atoms with Gasteiger partial charge in [-0.1, -0.05) is 11.8 Å². The highest BCUT2D eigenvalue weighted by Gasteiger charge is 2.51. The number of thioether (sulfide) groups is 1. The molecule has 2 saturated carbocycles. The maximum absolute atomic E-state index is 6.09. The minimum atomic E-state index is -0.524. The Morgan fingerprint density at radius 3 is 2.76 bits per heavy atom. The molecule has 21 heavy (non-hydrogen) atoms. The summed E-state index contributed by atoms with van der Waals surface area (Å²) in [6.07, 6.45) is 6.86. The van der Waals surface area contributed by atoms with Crippen LogP contribution in [0.25, 0.3) is 11.4 Å². The third-order valence-corrected chi connectivity index (χ3v) is 5.90. The third kappa shape index (κ3) is 2.79. The molecular weight excluding hydrogens is 327 g/mol. The molecule has 0 radical (unpaired) electrons. The van der Waals surface area contributed by atoms with Gasteiger partial charge >= 0.3 is 0 Å². The highest BCUT2D eigenvalue weighted by atomic mass is 35.5. The molecule has 2 aromatic rings. The Kier molecular flexibility index (Phi) is 3.39. The zero-order chi connectivity index (χ0) is 14.4. The van der Waals surface area contributed by atoms with Gasteiger partial charge in [-0.3, -0.25) is 9.55 Å². The van der Waals surface area contributed by atoms with E-state index in [0.29, 0.717) is 12.0 Å². The van der Waals surface area contributed by atoms with Crippen LogP contribution in [0.2, 0.25) is 0 Å². The van der Waals surface area contributed by atoms with E-state index in [2.05, 4.69) is 19.7 Å². The molecule has 0 N–H and O–H groups in total. The monoisotopic (exact) mass is 340 g/mol. The van der Waals surface area contributed by atoms with E-state index in [9.17, 15) is 0 Å². The van der Waals surface area contributed by atoms with Gasteiger partial charge in [-0.15, -0.1) is 33.4 Å². The molecule has 2 heterocycles. The first-order valence-corrected chi connectivity index (χ1v) is 8.75. The first-order chi connectivity index (χ1) is 10.1. The van der Waals surface area contributed by atoms with Crippen LogP contribution >= 0.6 is 35.0 Å². The van der Waals surface area contributed by atoms with Crippen molar-refractivity contribution in [3.63, 3.8) is 0 Å². The summed E-state index contributed by atoms with van der Waals surface area (Å²) >= 11 is 13.9. The molecule has 0 spiro atoms. The van der Waals surface area contributed by atoms with Crippen LogP contribution in [-0.4, -0.2) is 29.8 Å². The van der Waals surface area contributed by atoms with Crippen molar-refractivity contribution in [1.82, 2.24) is 19.7 Å². The molecule has 0 bridgehead atoms. The fourth-order valence-electron chi connectivity index (χ4n) is 2.35. The number of aromatic nitrogens is 4. The number of rotatable bonds is 5. The van der Waals surface area contributed by atoms with E-state index in [-0.39, 0.29) is 0 Å². The van der Waals surface area contributed by atoms with Crippen LogP contribution in [0.4, 0.5) is 0 Å². The first-order valence-electron chi connectivity index (χ1n) is 7.01. The summed E-state index contributed by atoms with van der Waals surface area (Å²) in [5.41, 5.74) is 1.01. The van der Waals surface area contributed by atoms with Crippen LogP contribution in [0.15, 0.2) is 29.7 Å². The molecule has 2 aliphatic rings. The van der Waals surface area contributed by atoms with Crippen LogP contribution in [0.3, 0.4) is 0 Å². The van der Waals surface area contributed by atoms with Crippen LogP contribution < -0.4 is 0 Å². The topological polar surface area (TPSA) is 43.6 Å². The van der Waals surface area contributed by atoms with Gasteiger partial charge in [-0.2, -0.15) is 0 Å². The van der Waals surface area contributed by atoms with Gasteiger partial charge in [0.2, 0.25) is 0 Å². The lowest BCUT2D eigenvalue weighted by molar-refractivity contribution is 0.668. The number of nitrogens with zero attached hydrogens (tertiary/aromatic N) is 4. The molecule has 1 unspecified atom stereocenters. The molecule has 4 nitrogen and oxygen atoms in total. The molecule has 2 fully saturated rings. The quantitative estimate of drug-likeness (QED) is 0.610. The average molecular weight is 341 g/mol. The minimum Gasteiger partial charge on any atom is -0.299 e. The van der Waals surface area contributed by atoms with E-state index in [1.54, 1.807) is 18.0 Å². The van der Waals surface area contributed by atoms with Gasteiger partial charge in [-0.05, 0) is 31.4 Å². The van der Waals surface area contributed by atoms with Gasteiger partial charge in [0.25, 0.3) is 0 Å². The lowest BCUT2D eigenvalue weighted by Crippen LogP contribution is -2.01. The smallest absolute Gasteiger partial charge is 0.191 e. The van der Waals surface area contributed by atoms with Gasteiger partial charge in [-0.25, -0.2) is 0 Å². The highest BCUT2D eigenvalue weighted by molar-refractivity contribution is 7.99. The lowest BCUT2D eigenvalue weighted by Gasteiger charge is -2.08. The Morgan fingerprint density at radius 2 is 2.14 bits per heavy atom. The van der Waals surface area contributed by atoms with E-state index in [4.69, 9.17) is 23.2 Å². The van der Waals surface area contributed by atoms with E-state index in [1.165, 1.54) is 12.8 Å². The van der Waals surface area contributed by atoms with Crippen molar-refractivity contribution in [1.29, 1.82) is 0 Å². The third-order valence-electron chi connectivity index (χ3n) is 3.87. The zero-order valence-corrected chi connectivity index (χ0v) is 13.6. The lowest BCUT2D eigenvalue weighted by atomic mass is 10.3. The van der Waals surface area contributed by atoms with E-state index >= 15 is 0 Å². The summed E-state index contributed by atoms with van der Waals surface area (Å²) < 4.78 is 1.72. The molecular formula is C14H14Cl2N4S. The van der Waals surface area contributed by atoms with Crippen molar-refractivity contribution in [2.45, 2.75) is 34.8 Å². The Hall–Kier alpha value is -0.780. The van der Waals surface area contributed by atoms with Crippen molar-refractivity contribution in [3.05, 3.63) is 24.5 Å². The Balaban J connectivity index is 1.58. The molecule has 0 aliphatic heterocycles. The van der Waals surface area contributed by atoms with Crippen molar-refractivity contribution in [3.8, 4) is 11.4 Å². The molecule has 7 heteroatoms. The molecule has 0 amide bonds. The first kappa shape index (κ1) is 13.9. The van der Waals surface area contributed by atoms with Crippen LogP contribution in [0.1, 0.15) is 25.3 Å². The van der Waals surface area contributed by atoms with Gasteiger partial charge in [0, 0.05) is 35.7 Å². The molecule has 2 aromatic heterocycles. The maximum Gasteiger partial charge on any atom is 0.191 e. The van der Waals surface area contributed by atoms with Gasteiger partial charge in [0.05, 0.1) is 0 Å². The van der Waals surface area contributed by atoms with Crippen molar-refractivity contribution >= 4 is 35.0 Å². The summed E-state index contributed by atoms with van der Waals surface area (Å²) in [6.45, 7) is 0. The zero-order valence-electron chi connectivity index (χ0n) is 11.2. The predicted molar refractivity (Wildman–Crippen MR) is 84.8 cm³/mol. The number of pyridine rings is 1. The summed E-state index contributed by atoms with van der Waals surface area (Å²) in [5, 5.41) is 9.70. The Bertz CT molecular complexity index is 654.